The highest BCUT2D eigenvalue weighted by Gasteiger charge is 2.30. The van der Waals surface area contributed by atoms with E-state index in [4.69, 9.17) is 0 Å². The van der Waals surface area contributed by atoms with Crippen LogP contribution in [0.2, 0.25) is 0 Å². The Kier molecular flexibility index (Phi) is 6.63. The normalized spacial score (nSPS) is 11.5. The van der Waals surface area contributed by atoms with Gasteiger partial charge in [-0.3, -0.25) is 4.79 Å². The van der Waals surface area contributed by atoms with Gasteiger partial charge in [0.2, 0.25) is 0 Å². The van der Waals surface area contributed by atoms with Gasteiger partial charge in [0.05, 0.1) is 27.3 Å². The Hall–Kier alpha value is -4.42. The Morgan fingerprint density at radius 2 is 1.21 bits per heavy atom. The summed E-state index contributed by atoms with van der Waals surface area (Å²) in [6.07, 6.45) is 0.722. The zero-order chi connectivity index (χ0) is 26.9. The molecular weight excluding hydrogens is 512 g/mol. The topological polar surface area (TPSA) is 42.2 Å². The lowest BCUT2D eigenvalue weighted by molar-refractivity contribution is 0.475. The lowest BCUT2D eigenvalue weighted by Crippen LogP contribution is -2.14. The van der Waals surface area contributed by atoms with Crippen LogP contribution in [0.3, 0.4) is 0 Å². The highest BCUT2D eigenvalue weighted by atomic mass is 32.2. The van der Waals surface area contributed by atoms with Gasteiger partial charge in [-0.2, -0.15) is 0 Å². The van der Waals surface area contributed by atoms with Crippen molar-refractivity contribution in [3.05, 3.63) is 143 Å². The summed E-state index contributed by atoms with van der Waals surface area (Å²) in [6, 6.07) is 33.3. The second-order valence-electron chi connectivity index (χ2n) is 9.31. The Bertz CT molecular complexity index is 1800. The standard InChI is InChI=1S/C33H23F2NO2S/c34-23-7-13-26(14-8-23)39(27-15-9-24(35)10-16-27)28-17-18-32-30(21-28)33(38)29-3-1-2-4-31(29)36(32)20-19-22-5-11-25(37)12-6-22/h1-18,21H,19-20H2/p+1. The molecule has 6 aromatic rings. The van der Waals surface area contributed by atoms with Gasteiger partial charge in [-0.05, 0) is 96.9 Å². The summed E-state index contributed by atoms with van der Waals surface area (Å²) in [5.41, 5.74) is 2.71. The lowest BCUT2D eigenvalue weighted by atomic mass is 10.1. The molecule has 0 saturated carbocycles. The number of phenols is 1. The number of aryl methyl sites for hydroxylation is 2. The Morgan fingerprint density at radius 1 is 0.641 bits per heavy atom. The van der Waals surface area contributed by atoms with E-state index in [-0.39, 0.29) is 22.8 Å². The van der Waals surface area contributed by atoms with E-state index in [9.17, 15) is 18.7 Å². The monoisotopic (exact) mass is 536 g/mol. The molecule has 39 heavy (non-hydrogen) atoms. The summed E-state index contributed by atoms with van der Waals surface area (Å²) in [4.78, 5) is 16.4. The van der Waals surface area contributed by atoms with Gasteiger partial charge in [-0.25, -0.2) is 8.78 Å². The minimum absolute atomic E-state index is 0.0508. The summed E-state index contributed by atoms with van der Waals surface area (Å²) in [5.74, 6) is -0.436. The van der Waals surface area contributed by atoms with Crippen LogP contribution in [0.25, 0.3) is 21.8 Å². The fourth-order valence-corrected chi connectivity index (χ4v) is 7.00. The summed E-state index contributed by atoms with van der Waals surface area (Å²) in [7, 11) is -0.677. The number of pyridine rings is 1. The van der Waals surface area contributed by atoms with Gasteiger partial charge in [0, 0.05) is 18.0 Å². The smallest absolute Gasteiger partial charge is 0.197 e. The average molecular weight is 537 g/mol. The quantitative estimate of drug-likeness (QED) is 0.177. The maximum absolute atomic E-state index is 13.8. The minimum Gasteiger partial charge on any atom is -0.508 e. The molecule has 6 rings (SSSR count). The molecule has 5 aromatic carbocycles. The number of rotatable bonds is 6. The molecule has 0 saturated heterocycles. The van der Waals surface area contributed by atoms with Gasteiger partial charge in [0.15, 0.2) is 20.1 Å². The Balaban J connectivity index is 1.52. The molecule has 0 atom stereocenters. The van der Waals surface area contributed by atoms with E-state index < -0.39 is 10.9 Å². The van der Waals surface area contributed by atoms with E-state index in [2.05, 4.69) is 4.57 Å². The fourth-order valence-electron chi connectivity index (χ4n) is 4.93. The Morgan fingerprint density at radius 3 is 1.85 bits per heavy atom. The maximum atomic E-state index is 13.8. The van der Waals surface area contributed by atoms with Crippen molar-refractivity contribution in [3.8, 4) is 5.75 Å². The van der Waals surface area contributed by atoms with Crippen molar-refractivity contribution in [2.24, 2.45) is 0 Å². The number of halogens is 2. The van der Waals surface area contributed by atoms with Crippen LogP contribution in [-0.2, 0) is 23.9 Å². The summed E-state index contributed by atoms with van der Waals surface area (Å²) >= 11 is 0. The highest BCUT2D eigenvalue weighted by Crippen LogP contribution is 2.33. The third-order valence-corrected chi connectivity index (χ3v) is 9.05. The average Bonchev–Trinajstić information content (AvgIpc) is 2.96. The number of hydrogen-bond donors (Lipinski definition) is 1. The van der Waals surface area contributed by atoms with Crippen LogP contribution in [0.4, 0.5) is 8.78 Å². The third kappa shape index (κ3) is 4.91. The zero-order valence-corrected chi connectivity index (χ0v) is 21.7. The van der Waals surface area contributed by atoms with E-state index in [1.807, 2.05) is 54.6 Å². The number of aromatic nitrogens is 1. The summed E-state index contributed by atoms with van der Waals surface area (Å²) < 4.78 is 29.7. The molecule has 0 radical (unpaired) electrons. The van der Waals surface area contributed by atoms with E-state index in [0.29, 0.717) is 17.3 Å². The molecule has 6 heteroatoms. The predicted octanol–water partition coefficient (Wildman–Crippen LogP) is 7.48. The first kappa shape index (κ1) is 24.9. The Labute approximate surface area is 227 Å². The molecule has 1 N–H and O–H groups in total. The number of benzene rings is 5. The first-order valence-electron chi connectivity index (χ1n) is 12.6. The van der Waals surface area contributed by atoms with Crippen LogP contribution < -0.4 is 5.43 Å². The summed E-state index contributed by atoms with van der Waals surface area (Å²) in [6.45, 7) is 0.642. The SMILES string of the molecule is O=c1c2ccccc2n(CCc2ccc(O)cc2)c2ccc([S+](c3ccc(F)cc3)c3ccc(F)cc3)cc12. The second-order valence-corrected chi connectivity index (χ2v) is 11.3. The molecule has 0 aliphatic heterocycles. The molecule has 0 fully saturated rings. The van der Waals surface area contributed by atoms with Gasteiger partial charge in [-0.15, -0.1) is 0 Å². The molecule has 0 aliphatic carbocycles. The molecule has 3 nitrogen and oxygen atoms in total. The zero-order valence-electron chi connectivity index (χ0n) is 20.9. The highest BCUT2D eigenvalue weighted by molar-refractivity contribution is 7.97. The predicted molar refractivity (Wildman–Crippen MR) is 152 cm³/mol. The van der Waals surface area contributed by atoms with Crippen molar-refractivity contribution in [1.29, 1.82) is 0 Å². The molecule has 0 bridgehead atoms. The molecular formula is C33H24F2NO2S+. The van der Waals surface area contributed by atoms with Crippen molar-refractivity contribution in [2.45, 2.75) is 27.7 Å². The van der Waals surface area contributed by atoms with Crippen LogP contribution >= 0.6 is 0 Å². The largest absolute Gasteiger partial charge is 0.508 e. The second kappa shape index (κ2) is 10.4. The van der Waals surface area contributed by atoms with Crippen molar-refractivity contribution < 1.29 is 13.9 Å². The van der Waals surface area contributed by atoms with Crippen LogP contribution in [0.1, 0.15) is 5.56 Å². The number of para-hydroxylation sites is 1. The van der Waals surface area contributed by atoms with Crippen molar-refractivity contribution in [3.63, 3.8) is 0 Å². The number of hydrogen-bond acceptors (Lipinski definition) is 2. The van der Waals surface area contributed by atoms with Gasteiger partial charge in [0.1, 0.15) is 17.4 Å². The molecule has 1 aromatic heterocycles. The first-order chi connectivity index (χ1) is 19.0. The van der Waals surface area contributed by atoms with Crippen LogP contribution in [0.5, 0.6) is 5.75 Å². The molecule has 0 spiro atoms. The fraction of sp³-hybridized carbons (Fsp3) is 0.0606. The van der Waals surface area contributed by atoms with E-state index in [0.717, 1.165) is 37.7 Å². The van der Waals surface area contributed by atoms with Crippen LogP contribution in [-0.4, -0.2) is 9.67 Å². The molecule has 0 aliphatic rings. The first-order valence-corrected chi connectivity index (χ1v) is 13.8. The summed E-state index contributed by atoms with van der Waals surface area (Å²) in [5, 5.41) is 10.9. The molecule has 0 amide bonds. The number of nitrogens with zero attached hydrogens (tertiary/aromatic N) is 1. The van der Waals surface area contributed by atoms with Crippen molar-refractivity contribution in [1.82, 2.24) is 4.57 Å². The minimum atomic E-state index is -0.677. The third-order valence-electron chi connectivity index (χ3n) is 6.84. The van der Waals surface area contributed by atoms with Crippen molar-refractivity contribution >= 4 is 32.7 Å². The van der Waals surface area contributed by atoms with E-state index in [1.165, 1.54) is 24.3 Å². The van der Waals surface area contributed by atoms with Gasteiger partial charge in [0.25, 0.3) is 0 Å². The van der Waals surface area contributed by atoms with Crippen LogP contribution in [0, 0.1) is 11.6 Å². The lowest BCUT2D eigenvalue weighted by Gasteiger charge is -2.16. The number of aromatic hydroxyl groups is 1. The van der Waals surface area contributed by atoms with E-state index >= 15 is 0 Å². The molecule has 192 valence electrons. The van der Waals surface area contributed by atoms with Gasteiger partial charge >= 0.3 is 0 Å². The maximum Gasteiger partial charge on any atom is 0.197 e. The molecule has 0 unspecified atom stereocenters. The van der Waals surface area contributed by atoms with Gasteiger partial charge in [-0.1, -0.05) is 24.3 Å². The number of phenolic OH excluding ortho intramolecular Hbond substituents is 1. The van der Waals surface area contributed by atoms with Crippen LogP contribution in [0.15, 0.2) is 135 Å². The molecule has 1 heterocycles. The van der Waals surface area contributed by atoms with E-state index in [1.54, 1.807) is 36.4 Å². The van der Waals surface area contributed by atoms with Gasteiger partial charge < -0.3 is 9.67 Å². The number of fused-ring (bicyclic) bond motifs is 2. The van der Waals surface area contributed by atoms with Crippen molar-refractivity contribution in [2.75, 3.05) is 0 Å².